The number of rotatable bonds is 5. The second-order valence-electron chi connectivity index (χ2n) is 6.85. The molecule has 0 aliphatic carbocycles. The molecule has 2 atom stereocenters. The van der Waals surface area contributed by atoms with E-state index in [9.17, 15) is 19.2 Å². The van der Waals surface area contributed by atoms with Gasteiger partial charge in [0.1, 0.15) is 0 Å². The lowest BCUT2D eigenvalue weighted by molar-refractivity contribution is -0.130. The molecule has 4 rings (SSSR count). The van der Waals surface area contributed by atoms with Gasteiger partial charge in [-0.1, -0.05) is 48.5 Å². The smallest absolute Gasteiger partial charge is 0.339 e. The predicted octanol–water partition coefficient (Wildman–Crippen LogP) is 3.62. The molecule has 3 aromatic carbocycles. The second kappa shape index (κ2) is 9.31. The Morgan fingerprint density at radius 3 is 1.50 bits per heavy atom. The van der Waals surface area contributed by atoms with E-state index in [2.05, 4.69) is 0 Å². The Kier molecular flexibility index (Phi) is 6.31. The zero-order chi connectivity index (χ0) is 22.7. The number of anilines is 1. The number of para-hydroxylation sites is 1. The van der Waals surface area contributed by atoms with Gasteiger partial charge in [-0.05, 0) is 59.0 Å². The van der Waals surface area contributed by atoms with Crippen LogP contribution >= 0.6 is 22.6 Å². The molecule has 0 saturated carbocycles. The van der Waals surface area contributed by atoms with E-state index >= 15 is 0 Å². The number of nitrogens with zero attached hydrogens (tertiary/aromatic N) is 1. The molecular weight excluding hydrogens is 525 g/mol. The zero-order valence-electron chi connectivity index (χ0n) is 16.5. The van der Waals surface area contributed by atoms with E-state index in [1.165, 1.54) is 24.3 Å². The summed E-state index contributed by atoms with van der Waals surface area (Å²) in [6, 6.07) is 22.9. The summed E-state index contributed by atoms with van der Waals surface area (Å²) in [4.78, 5) is 52.5. The van der Waals surface area contributed by atoms with Crippen LogP contribution in [0.25, 0.3) is 0 Å². The molecule has 0 spiro atoms. The fourth-order valence-electron chi connectivity index (χ4n) is 3.23. The number of carbonyl (C=O) groups is 4. The minimum absolute atomic E-state index is 0.202. The van der Waals surface area contributed by atoms with E-state index < -0.39 is 36.0 Å². The fourth-order valence-corrected chi connectivity index (χ4v) is 3.86. The normalized spacial score (nSPS) is 17.8. The Hall–Kier alpha value is -3.53. The van der Waals surface area contributed by atoms with Gasteiger partial charge in [0.2, 0.25) is 12.2 Å². The van der Waals surface area contributed by atoms with Crippen LogP contribution in [0.15, 0.2) is 84.9 Å². The van der Waals surface area contributed by atoms with Gasteiger partial charge in [-0.2, -0.15) is 0 Å². The number of ether oxygens (including phenoxy) is 2. The first-order valence-corrected chi connectivity index (χ1v) is 10.7. The Bertz CT molecular complexity index is 1110. The van der Waals surface area contributed by atoms with Crippen molar-refractivity contribution in [3.8, 4) is 0 Å². The summed E-state index contributed by atoms with van der Waals surface area (Å²) in [5.41, 5.74) is 0.726. The standard InChI is InChI=1S/C24H16INO6/c25-17-13-7-8-14-18(17)26-21(27)19(31-23(29)15-9-3-1-4-10-15)20(22(26)28)32-24(30)16-11-5-2-6-12-16/h1-14,19-20H/t19-,20-/m1/s1. The highest BCUT2D eigenvalue weighted by molar-refractivity contribution is 14.1. The van der Waals surface area contributed by atoms with Crippen LogP contribution in [0, 0.1) is 3.57 Å². The molecule has 2 amide bonds. The molecule has 1 heterocycles. The lowest BCUT2D eigenvalue weighted by Crippen LogP contribution is -2.37. The van der Waals surface area contributed by atoms with Gasteiger partial charge in [0.25, 0.3) is 11.8 Å². The molecular formula is C24H16INO6. The number of amides is 2. The number of esters is 2. The van der Waals surface area contributed by atoms with Crippen LogP contribution in [0.4, 0.5) is 5.69 Å². The lowest BCUT2D eigenvalue weighted by atomic mass is 10.2. The van der Waals surface area contributed by atoms with Crippen molar-refractivity contribution >= 4 is 52.0 Å². The molecule has 8 heteroatoms. The third-order valence-electron chi connectivity index (χ3n) is 4.78. The number of hydrogen-bond donors (Lipinski definition) is 0. The van der Waals surface area contributed by atoms with Gasteiger partial charge < -0.3 is 9.47 Å². The van der Waals surface area contributed by atoms with Crippen molar-refractivity contribution < 1.29 is 28.7 Å². The van der Waals surface area contributed by atoms with Crippen LogP contribution in [0.5, 0.6) is 0 Å². The van der Waals surface area contributed by atoms with Crippen LogP contribution in [0.3, 0.4) is 0 Å². The molecule has 32 heavy (non-hydrogen) atoms. The first kappa shape index (κ1) is 21.7. The number of carbonyl (C=O) groups excluding carboxylic acids is 4. The first-order chi connectivity index (χ1) is 15.5. The third-order valence-corrected chi connectivity index (χ3v) is 5.70. The largest absolute Gasteiger partial charge is 0.444 e. The monoisotopic (exact) mass is 541 g/mol. The maximum absolute atomic E-state index is 13.2. The highest BCUT2D eigenvalue weighted by Gasteiger charge is 2.54. The maximum Gasteiger partial charge on any atom is 0.339 e. The van der Waals surface area contributed by atoms with Gasteiger partial charge in [-0.15, -0.1) is 0 Å². The van der Waals surface area contributed by atoms with Crippen molar-refractivity contribution in [1.82, 2.24) is 0 Å². The topological polar surface area (TPSA) is 90.0 Å². The SMILES string of the molecule is O=C(O[C@H]1C(=O)N(c2ccccc2I)C(=O)[C@@H]1OC(=O)c1ccccc1)c1ccccc1. The average molecular weight is 541 g/mol. The van der Waals surface area contributed by atoms with Crippen LogP contribution in [0.1, 0.15) is 20.7 Å². The molecule has 7 nitrogen and oxygen atoms in total. The van der Waals surface area contributed by atoms with Crippen molar-refractivity contribution in [1.29, 1.82) is 0 Å². The summed E-state index contributed by atoms with van der Waals surface area (Å²) >= 11 is 1.99. The Morgan fingerprint density at radius 2 is 1.06 bits per heavy atom. The van der Waals surface area contributed by atoms with E-state index in [4.69, 9.17) is 9.47 Å². The van der Waals surface area contributed by atoms with Gasteiger partial charge in [0, 0.05) is 3.57 Å². The molecule has 0 unspecified atom stereocenters. The molecule has 3 aromatic rings. The van der Waals surface area contributed by atoms with Gasteiger partial charge in [0.15, 0.2) is 0 Å². The van der Waals surface area contributed by atoms with Crippen molar-refractivity contribution in [3.63, 3.8) is 0 Å². The summed E-state index contributed by atoms with van der Waals surface area (Å²) in [5, 5.41) is 0. The van der Waals surface area contributed by atoms with Crippen molar-refractivity contribution in [2.75, 3.05) is 4.90 Å². The number of halogens is 1. The third kappa shape index (κ3) is 4.26. The van der Waals surface area contributed by atoms with Crippen LogP contribution < -0.4 is 4.90 Å². The first-order valence-electron chi connectivity index (χ1n) is 9.62. The van der Waals surface area contributed by atoms with Gasteiger partial charge in [0.05, 0.1) is 16.8 Å². The highest BCUT2D eigenvalue weighted by Crippen LogP contribution is 2.31. The van der Waals surface area contributed by atoms with Gasteiger partial charge in [-0.25, -0.2) is 14.5 Å². The van der Waals surface area contributed by atoms with Crippen LogP contribution in [-0.2, 0) is 19.1 Å². The van der Waals surface area contributed by atoms with E-state index in [-0.39, 0.29) is 11.1 Å². The Labute approximate surface area is 197 Å². The van der Waals surface area contributed by atoms with Crippen LogP contribution in [0.2, 0.25) is 0 Å². The Balaban J connectivity index is 1.67. The molecule has 1 saturated heterocycles. The zero-order valence-corrected chi connectivity index (χ0v) is 18.7. The van der Waals surface area contributed by atoms with E-state index in [1.54, 1.807) is 60.7 Å². The molecule has 0 aromatic heterocycles. The highest BCUT2D eigenvalue weighted by atomic mass is 127. The van der Waals surface area contributed by atoms with Crippen molar-refractivity contribution in [3.05, 3.63) is 99.6 Å². The van der Waals surface area contributed by atoms with E-state index in [1.807, 2.05) is 22.6 Å². The molecule has 0 bridgehead atoms. The Morgan fingerprint density at radius 1 is 0.656 bits per heavy atom. The number of benzene rings is 3. The fraction of sp³-hybridized carbons (Fsp3) is 0.0833. The molecule has 0 N–H and O–H groups in total. The van der Waals surface area contributed by atoms with Gasteiger partial charge >= 0.3 is 11.9 Å². The molecule has 1 aliphatic heterocycles. The van der Waals surface area contributed by atoms with Crippen molar-refractivity contribution in [2.45, 2.75) is 12.2 Å². The average Bonchev–Trinajstić information content (AvgIpc) is 3.04. The summed E-state index contributed by atoms with van der Waals surface area (Å²) < 4.78 is 11.4. The number of imide groups is 1. The van der Waals surface area contributed by atoms with Crippen molar-refractivity contribution in [2.24, 2.45) is 0 Å². The summed E-state index contributed by atoms with van der Waals surface area (Å²) in [6.45, 7) is 0. The summed E-state index contributed by atoms with van der Waals surface area (Å²) in [7, 11) is 0. The maximum atomic E-state index is 13.2. The minimum Gasteiger partial charge on any atom is -0.444 e. The molecule has 0 radical (unpaired) electrons. The predicted molar refractivity (Wildman–Crippen MR) is 123 cm³/mol. The number of hydrogen-bond acceptors (Lipinski definition) is 6. The second-order valence-corrected chi connectivity index (χ2v) is 8.01. The molecule has 1 fully saturated rings. The summed E-state index contributed by atoms with van der Waals surface area (Å²) in [6.07, 6.45) is -3.22. The van der Waals surface area contributed by atoms with Crippen LogP contribution in [-0.4, -0.2) is 36.0 Å². The molecule has 160 valence electrons. The van der Waals surface area contributed by atoms with E-state index in [0.717, 1.165) is 4.90 Å². The summed E-state index contributed by atoms with van der Waals surface area (Å²) in [5.74, 6) is -3.17. The minimum atomic E-state index is -1.61. The molecule has 1 aliphatic rings. The lowest BCUT2D eigenvalue weighted by Gasteiger charge is -2.16. The quantitative estimate of drug-likeness (QED) is 0.279. The van der Waals surface area contributed by atoms with Gasteiger partial charge in [-0.3, -0.25) is 9.59 Å². The van der Waals surface area contributed by atoms with E-state index in [0.29, 0.717) is 9.26 Å².